The number of guanidine groups is 1. The van der Waals surface area contributed by atoms with Crippen molar-refractivity contribution in [2.75, 3.05) is 39.6 Å². The van der Waals surface area contributed by atoms with Gasteiger partial charge in [-0.15, -0.1) is 0 Å². The second-order valence-corrected chi connectivity index (χ2v) is 7.57. The molecule has 31 heavy (non-hydrogen) atoms. The lowest BCUT2D eigenvalue weighted by Gasteiger charge is -2.26. The summed E-state index contributed by atoms with van der Waals surface area (Å²) >= 11 is 0. The number of benzene rings is 2. The zero-order valence-corrected chi connectivity index (χ0v) is 18.1. The highest BCUT2D eigenvalue weighted by Gasteiger charge is 2.24. The molecule has 2 amide bonds. The molecule has 1 aliphatic rings. The summed E-state index contributed by atoms with van der Waals surface area (Å²) in [5.41, 5.74) is 3.00. The van der Waals surface area contributed by atoms with Crippen LogP contribution < -0.4 is 20.7 Å². The number of nitrogens with zero attached hydrogens (tertiary/aromatic N) is 2. The van der Waals surface area contributed by atoms with E-state index in [0.29, 0.717) is 31.2 Å². The average Bonchev–Trinajstić information content (AvgIpc) is 2.77. The minimum absolute atomic E-state index is 0.00352. The monoisotopic (exact) mass is 423 g/mol. The first-order chi connectivity index (χ1) is 15.0. The van der Waals surface area contributed by atoms with Crippen LogP contribution in [0.15, 0.2) is 53.5 Å². The van der Waals surface area contributed by atoms with Crippen molar-refractivity contribution in [2.45, 2.75) is 18.9 Å². The summed E-state index contributed by atoms with van der Waals surface area (Å²) in [6.07, 6.45) is 0.437. The molecular formula is C23H29N5O3. The first kappa shape index (κ1) is 22.1. The Kier molecular flexibility index (Phi) is 7.48. The van der Waals surface area contributed by atoms with Gasteiger partial charge in [0.2, 0.25) is 5.91 Å². The topological polar surface area (TPSA) is 95.1 Å². The minimum atomic E-state index is -0.0916. The molecule has 1 unspecified atom stereocenters. The highest BCUT2D eigenvalue weighted by atomic mass is 16.5. The Morgan fingerprint density at radius 2 is 2.00 bits per heavy atom. The number of rotatable bonds is 7. The number of ether oxygens (including phenoxy) is 1. The van der Waals surface area contributed by atoms with Crippen molar-refractivity contribution >= 4 is 23.5 Å². The van der Waals surface area contributed by atoms with Crippen LogP contribution in [0.3, 0.4) is 0 Å². The quantitative estimate of drug-likeness (QED) is 0.467. The van der Waals surface area contributed by atoms with E-state index in [0.717, 1.165) is 16.8 Å². The predicted molar refractivity (Wildman–Crippen MR) is 121 cm³/mol. The molecule has 0 aromatic heterocycles. The van der Waals surface area contributed by atoms with E-state index in [1.807, 2.05) is 48.5 Å². The molecule has 8 heteroatoms. The third-order valence-corrected chi connectivity index (χ3v) is 5.07. The maximum Gasteiger partial charge on any atom is 0.259 e. The van der Waals surface area contributed by atoms with E-state index in [-0.39, 0.29) is 24.3 Å². The van der Waals surface area contributed by atoms with Crippen LogP contribution in [-0.4, -0.2) is 57.0 Å². The van der Waals surface area contributed by atoms with Crippen molar-refractivity contribution < 1.29 is 14.3 Å². The van der Waals surface area contributed by atoms with Crippen molar-refractivity contribution in [3.05, 3.63) is 59.7 Å². The van der Waals surface area contributed by atoms with Gasteiger partial charge in [-0.25, -0.2) is 0 Å². The molecule has 2 aromatic rings. The first-order valence-corrected chi connectivity index (χ1v) is 10.2. The Morgan fingerprint density at radius 3 is 2.77 bits per heavy atom. The number of para-hydroxylation sites is 1. The Bertz CT molecular complexity index is 958. The van der Waals surface area contributed by atoms with Gasteiger partial charge in [0.25, 0.3) is 5.91 Å². The fraction of sp³-hybridized carbons (Fsp3) is 0.348. The fourth-order valence-corrected chi connectivity index (χ4v) is 3.33. The number of hydrogen-bond acceptors (Lipinski definition) is 4. The maximum atomic E-state index is 12.0. The second kappa shape index (κ2) is 10.5. The highest BCUT2D eigenvalue weighted by molar-refractivity contribution is 5.94. The van der Waals surface area contributed by atoms with Gasteiger partial charge in [-0.1, -0.05) is 30.3 Å². The molecule has 0 saturated heterocycles. The van der Waals surface area contributed by atoms with Crippen molar-refractivity contribution in [2.24, 2.45) is 4.99 Å². The van der Waals surface area contributed by atoms with Gasteiger partial charge >= 0.3 is 0 Å². The Labute approximate surface area is 182 Å². The number of likely N-dealkylation sites (N-methyl/N-ethyl adjacent to an activating group) is 1. The molecule has 8 nitrogen and oxygen atoms in total. The molecule has 1 aliphatic heterocycles. The summed E-state index contributed by atoms with van der Waals surface area (Å²) in [4.78, 5) is 29.5. The molecule has 0 saturated carbocycles. The van der Waals surface area contributed by atoms with E-state index in [1.54, 1.807) is 21.1 Å². The molecule has 0 aliphatic carbocycles. The van der Waals surface area contributed by atoms with Gasteiger partial charge in [-0.3, -0.25) is 14.6 Å². The Hall–Kier alpha value is -3.55. The number of fused-ring (bicyclic) bond motifs is 1. The summed E-state index contributed by atoms with van der Waals surface area (Å²) in [6.45, 7) is 1.14. The lowest BCUT2D eigenvalue weighted by molar-refractivity contribution is -0.130. The van der Waals surface area contributed by atoms with Crippen LogP contribution >= 0.6 is 0 Å². The van der Waals surface area contributed by atoms with Crippen LogP contribution in [0.1, 0.15) is 23.5 Å². The Balaban J connectivity index is 1.53. The first-order valence-electron chi connectivity index (χ1n) is 10.2. The third-order valence-electron chi connectivity index (χ3n) is 5.07. The van der Waals surface area contributed by atoms with E-state index in [9.17, 15) is 9.59 Å². The van der Waals surface area contributed by atoms with Gasteiger partial charge in [0, 0.05) is 52.3 Å². The molecule has 3 N–H and O–H groups in total. The van der Waals surface area contributed by atoms with Crippen LogP contribution in [0.5, 0.6) is 5.75 Å². The number of carbonyl (C=O) groups is 2. The molecule has 0 spiro atoms. The lowest BCUT2D eigenvalue weighted by atomic mass is 9.90. The normalized spacial score (nSPS) is 15.5. The lowest BCUT2D eigenvalue weighted by Crippen LogP contribution is -2.40. The summed E-state index contributed by atoms with van der Waals surface area (Å²) < 4.78 is 5.57. The molecule has 3 rings (SSSR count). The number of aliphatic imine (C=N–C) groups is 1. The van der Waals surface area contributed by atoms with Crippen molar-refractivity contribution in [1.82, 2.24) is 15.5 Å². The SMILES string of the molecule is CN=C(NCc1cccc(OCC(=O)N(C)C)c1)NCC1CC(=O)Nc2ccccc21. The highest BCUT2D eigenvalue weighted by Crippen LogP contribution is 2.31. The van der Waals surface area contributed by atoms with Gasteiger partial charge in [0.15, 0.2) is 12.6 Å². The van der Waals surface area contributed by atoms with Crippen LogP contribution in [0.25, 0.3) is 0 Å². The number of carbonyl (C=O) groups excluding carboxylic acids is 2. The molecule has 0 bridgehead atoms. The summed E-state index contributed by atoms with van der Waals surface area (Å²) in [6, 6.07) is 15.5. The zero-order valence-electron chi connectivity index (χ0n) is 18.1. The fourth-order valence-electron chi connectivity index (χ4n) is 3.33. The Morgan fingerprint density at radius 1 is 1.19 bits per heavy atom. The summed E-state index contributed by atoms with van der Waals surface area (Å²) in [5.74, 6) is 1.30. The van der Waals surface area contributed by atoms with Crippen LogP contribution in [0, 0.1) is 0 Å². The smallest absolute Gasteiger partial charge is 0.259 e. The van der Waals surface area contributed by atoms with Gasteiger partial charge in [-0.2, -0.15) is 0 Å². The van der Waals surface area contributed by atoms with Gasteiger partial charge in [0.1, 0.15) is 5.75 Å². The molecule has 164 valence electrons. The predicted octanol–water partition coefficient (Wildman–Crippen LogP) is 1.94. The molecular weight excluding hydrogens is 394 g/mol. The average molecular weight is 424 g/mol. The van der Waals surface area contributed by atoms with Gasteiger partial charge in [-0.05, 0) is 29.3 Å². The van der Waals surface area contributed by atoms with Crippen molar-refractivity contribution in [1.29, 1.82) is 0 Å². The third kappa shape index (κ3) is 6.21. The van der Waals surface area contributed by atoms with E-state index in [2.05, 4.69) is 20.9 Å². The largest absolute Gasteiger partial charge is 0.484 e. The van der Waals surface area contributed by atoms with Gasteiger partial charge < -0.3 is 25.6 Å². The number of nitrogens with one attached hydrogen (secondary N) is 3. The molecule has 1 heterocycles. The maximum absolute atomic E-state index is 12.0. The van der Waals surface area contributed by atoms with Crippen LogP contribution in [-0.2, 0) is 16.1 Å². The zero-order chi connectivity index (χ0) is 22.2. The van der Waals surface area contributed by atoms with Crippen LogP contribution in [0.2, 0.25) is 0 Å². The minimum Gasteiger partial charge on any atom is -0.484 e. The molecule has 1 atom stereocenters. The van der Waals surface area contributed by atoms with E-state index in [1.165, 1.54) is 4.90 Å². The van der Waals surface area contributed by atoms with E-state index in [4.69, 9.17) is 4.74 Å². The molecule has 2 aromatic carbocycles. The van der Waals surface area contributed by atoms with Crippen molar-refractivity contribution in [3.63, 3.8) is 0 Å². The van der Waals surface area contributed by atoms with Crippen molar-refractivity contribution in [3.8, 4) is 5.75 Å². The van der Waals surface area contributed by atoms with Gasteiger partial charge in [0.05, 0.1) is 0 Å². The molecule has 0 radical (unpaired) electrons. The summed E-state index contributed by atoms with van der Waals surface area (Å²) in [7, 11) is 5.11. The number of hydrogen-bond donors (Lipinski definition) is 3. The standard InChI is InChI=1S/C23H29N5O3/c1-24-23(26-14-17-12-21(29)27-20-10-5-4-9-19(17)20)25-13-16-7-6-8-18(11-16)31-15-22(30)28(2)3/h4-11,17H,12-15H2,1-3H3,(H,27,29)(H2,24,25,26). The number of anilines is 1. The molecule has 0 fully saturated rings. The van der Waals surface area contributed by atoms with E-state index < -0.39 is 0 Å². The van der Waals surface area contributed by atoms with E-state index >= 15 is 0 Å². The number of amides is 2. The van der Waals surface area contributed by atoms with Crippen LogP contribution in [0.4, 0.5) is 5.69 Å². The summed E-state index contributed by atoms with van der Waals surface area (Å²) in [5, 5.41) is 9.51. The second-order valence-electron chi connectivity index (χ2n) is 7.57.